The Hall–Kier alpha value is -1.32. The number of carbonyl (C=O) groups excluding carboxylic acids is 2. The van der Waals surface area contributed by atoms with Crippen molar-refractivity contribution in [3.05, 3.63) is 12.2 Å². The average Bonchev–Trinajstić information content (AvgIpc) is 3.12. The average molecular weight is 262 g/mol. The first-order chi connectivity index (χ1) is 9.22. The second-order valence-corrected chi connectivity index (χ2v) is 6.31. The normalized spacial score (nSPS) is 46.4. The van der Waals surface area contributed by atoms with Gasteiger partial charge in [0.05, 0.1) is 5.92 Å². The zero-order chi connectivity index (χ0) is 13.0. The topological polar surface area (TPSA) is 52.6 Å². The van der Waals surface area contributed by atoms with Crippen LogP contribution in [-0.2, 0) is 19.1 Å². The number of ether oxygens (including phenoxy) is 2. The molecule has 1 saturated heterocycles. The van der Waals surface area contributed by atoms with Crippen molar-refractivity contribution in [3.8, 4) is 0 Å². The number of carbonyl (C=O) groups is 2. The van der Waals surface area contributed by atoms with Crippen LogP contribution in [0.15, 0.2) is 12.2 Å². The van der Waals surface area contributed by atoms with Crippen LogP contribution in [-0.4, -0.2) is 24.1 Å². The maximum atomic E-state index is 12.3. The van der Waals surface area contributed by atoms with E-state index in [1.165, 1.54) is 0 Å². The van der Waals surface area contributed by atoms with Crippen molar-refractivity contribution in [3.63, 3.8) is 0 Å². The minimum absolute atomic E-state index is 0.00905. The van der Waals surface area contributed by atoms with Crippen LogP contribution in [0.25, 0.3) is 0 Å². The molecule has 19 heavy (non-hydrogen) atoms. The molecule has 102 valence electrons. The second kappa shape index (κ2) is 4.09. The van der Waals surface area contributed by atoms with E-state index in [1.807, 2.05) is 0 Å². The highest BCUT2D eigenvalue weighted by Gasteiger charge is 2.51. The lowest BCUT2D eigenvalue weighted by molar-refractivity contribution is -0.165. The van der Waals surface area contributed by atoms with E-state index in [0.717, 1.165) is 32.1 Å². The Kier molecular flexibility index (Phi) is 2.47. The number of fused-ring (bicyclic) bond motifs is 3. The van der Waals surface area contributed by atoms with Crippen LogP contribution in [0.4, 0.5) is 0 Å². The molecule has 4 heteroatoms. The van der Waals surface area contributed by atoms with Gasteiger partial charge in [-0.15, -0.1) is 0 Å². The van der Waals surface area contributed by atoms with Gasteiger partial charge in [-0.1, -0.05) is 12.2 Å². The molecule has 0 aromatic heterocycles. The van der Waals surface area contributed by atoms with Crippen molar-refractivity contribution in [1.29, 1.82) is 0 Å². The maximum absolute atomic E-state index is 12.3. The van der Waals surface area contributed by atoms with Crippen LogP contribution in [0, 0.1) is 23.7 Å². The monoisotopic (exact) mass is 262 g/mol. The van der Waals surface area contributed by atoms with Crippen molar-refractivity contribution in [2.75, 3.05) is 0 Å². The Morgan fingerprint density at radius 3 is 2.89 bits per heavy atom. The Morgan fingerprint density at radius 1 is 1.26 bits per heavy atom. The minimum atomic E-state index is -0.636. The predicted octanol–water partition coefficient (Wildman–Crippen LogP) is 1.84. The summed E-state index contributed by atoms with van der Waals surface area (Å²) in [6.07, 6.45) is 8.56. The summed E-state index contributed by atoms with van der Waals surface area (Å²) >= 11 is 0. The fraction of sp³-hybridized carbons (Fsp3) is 0.733. The van der Waals surface area contributed by atoms with Crippen LogP contribution in [0.2, 0.25) is 0 Å². The highest BCUT2D eigenvalue weighted by atomic mass is 16.6. The van der Waals surface area contributed by atoms with Crippen LogP contribution >= 0.6 is 0 Å². The molecule has 4 rings (SSSR count). The van der Waals surface area contributed by atoms with E-state index in [2.05, 4.69) is 12.2 Å². The van der Waals surface area contributed by atoms with Gasteiger partial charge in [-0.05, 0) is 43.9 Å². The summed E-state index contributed by atoms with van der Waals surface area (Å²) in [6.45, 7) is 0. The highest BCUT2D eigenvalue weighted by Crippen LogP contribution is 2.45. The van der Waals surface area contributed by atoms with Gasteiger partial charge in [-0.25, -0.2) is 4.79 Å². The molecular weight excluding hydrogens is 244 g/mol. The Balaban J connectivity index is 1.45. The zero-order valence-corrected chi connectivity index (χ0v) is 10.8. The summed E-state index contributed by atoms with van der Waals surface area (Å²) in [4.78, 5) is 24.0. The number of rotatable bonds is 2. The molecule has 6 atom stereocenters. The van der Waals surface area contributed by atoms with Crippen LogP contribution in [0.5, 0.6) is 0 Å². The maximum Gasteiger partial charge on any atom is 0.348 e. The van der Waals surface area contributed by atoms with Gasteiger partial charge in [-0.3, -0.25) is 4.79 Å². The van der Waals surface area contributed by atoms with Crippen molar-refractivity contribution >= 4 is 11.9 Å². The molecule has 1 heterocycles. The van der Waals surface area contributed by atoms with E-state index in [1.54, 1.807) is 0 Å². The zero-order valence-electron chi connectivity index (χ0n) is 10.8. The van der Waals surface area contributed by atoms with E-state index in [-0.39, 0.29) is 29.9 Å². The van der Waals surface area contributed by atoms with Crippen LogP contribution in [0.1, 0.15) is 32.1 Å². The molecule has 3 fully saturated rings. The summed E-state index contributed by atoms with van der Waals surface area (Å²) in [5, 5.41) is 0. The number of allylic oxidation sites excluding steroid dienone is 2. The van der Waals surface area contributed by atoms with Gasteiger partial charge in [0.2, 0.25) is 6.10 Å². The highest BCUT2D eigenvalue weighted by molar-refractivity contribution is 5.83. The fourth-order valence-corrected chi connectivity index (χ4v) is 4.24. The van der Waals surface area contributed by atoms with Gasteiger partial charge in [0, 0.05) is 5.92 Å². The van der Waals surface area contributed by atoms with Crippen molar-refractivity contribution < 1.29 is 19.1 Å². The number of esters is 2. The lowest BCUT2D eigenvalue weighted by Crippen LogP contribution is -2.33. The molecule has 2 saturated carbocycles. The van der Waals surface area contributed by atoms with E-state index in [0.29, 0.717) is 11.8 Å². The molecule has 4 aliphatic rings. The van der Waals surface area contributed by atoms with Crippen LogP contribution < -0.4 is 0 Å². The van der Waals surface area contributed by atoms with Gasteiger partial charge in [0.1, 0.15) is 6.10 Å². The Morgan fingerprint density at radius 2 is 2.16 bits per heavy atom. The molecule has 3 aliphatic carbocycles. The summed E-state index contributed by atoms with van der Waals surface area (Å²) in [5.74, 6) is 0.411. The first kappa shape index (κ1) is 11.5. The predicted molar refractivity (Wildman–Crippen MR) is 65.9 cm³/mol. The SMILES string of the molecule is O=C(OC1C(=O)OC2CCCC21)C1CC2C=CC1C2. The molecule has 0 spiro atoms. The molecule has 4 nitrogen and oxygen atoms in total. The molecule has 2 bridgehead atoms. The second-order valence-electron chi connectivity index (χ2n) is 6.31. The van der Waals surface area contributed by atoms with Gasteiger partial charge < -0.3 is 9.47 Å². The van der Waals surface area contributed by atoms with E-state index < -0.39 is 6.10 Å². The lowest BCUT2D eigenvalue weighted by Gasteiger charge is -2.20. The molecule has 0 aromatic carbocycles. The number of hydrogen-bond acceptors (Lipinski definition) is 4. The molecule has 1 aliphatic heterocycles. The third kappa shape index (κ3) is 1.72. The summed E-state index contributed by atoms with van der Waals surface area (Å²) < 4.78 is 10.8. The van der Waals surface area contributed by atoms with Gasteiger partial charge in [0.15, 0.2) is 0 Å². The Bertz CT molecular complexity index is 455. The molecule has 0 radical (unpaired) electrons. The molecule has 6 unspecified atom stereocenters. The molecule has 0 amide bonds. The van der Waals surface area contributed by atoms with E-state index in [9.17, 15) is 9.59 Å². The largest absolute Gasteiger partial charge is 0.459 e. The minimum Gasteiger partial charge on any atom is -0.459 e. The molecular formula is C15H18O4. The van der Waals surface area contributed by atoms with Crippen molar-refractivity contribution in [1.82, 2.24) is 0 Å². The van der Waals surface area contributed by atoms with Crippen molar-refractivity contribution in [2.24, 2.45) is 23.7 Å². The smallest absolute Gasteiger partial charge is 0.348 e. The Labute approximate surface area is 112 Å². The standard InChI is InChI=1S/C15H18O4/c16-14(11-7-8-4-5-9(11)6-8)19-13-10-2-1-3-12(10)18-15(13)17/h4-5,8-13H,1-3,6-7H2. The first-order valence-corrected chi connectivity index (χ1v) is 7.31. The summed E-state index contributed by atoms with van der Waals surface area (Å²) in [7, 11) is 0. The number of hydrogen-bond donors (Lipinski definition) is 0. The van der Waals surface area contributed by atoms with E-state index in [4.69, 9.17) is 9.47 Å². The van der Waals surface area contributed by atoms with Gasteiger partial charge >= 0.3 is 11.9 Å². The molecule has 0 aromatic rings. The van der Waals surface area contributed by atoms with Gasteiger partial charge in [0.25, 0.3) is 0 Å². The fourth-order valence-electron chi connectivity index (χ4n) is 4.24. The third-order valence-electron chi connectivity index (χ3n) is 5.22. The van der Waals surface area contributed by atoms with Crippen LogP contribution in [0.3, 0.4) is 0 Å². The first-order valence-electron chi connectivity index (χ1n) is 7.31. The molecule has 0 N–H and O–H groups in total. The van der Waals surface area contributed by atoms with E-state index >= 15 is 0 Å². The summed E-state index contributed by atoms with van der Waals surface area (Å²) in [6, 6.07) is 0. The third-order valence-corrected chi connectivity index (χ3v) is 5.22. The van der Waals surface area contributed by atoms with Crippen molar-refractivity contribution in [2.45, 2.75) is 44.3 Å². The lowest BCUT2D eigenvalue weighted by atomic mass is 9.93. The quantitative estimate of drug-likeness (QED) is 0.563. The summed E-state index contributed by atoms with van der Waals surface area (Å²) in [5.41, 5.74) is 0. The van der Waals surface area contributed by atoms with Gasteiger partial charge in [-0.2, -0.15) is 0 Å².